The molecule has 1 saturated heterocycles. The zero-order chi connectivity index (χ0) is 11.5. The number of rotatable bonds is 1. The summed E-state index contributed by atoms with van der Waals surface area (Å²) in [4.78, 5) is 6.11. The van der Waals surface area contributed by atoms with E-state index in [1.165, 1.54) is 0 Å². The summed E-state index contributed by atoms with van der Waals surface area (Å²) in [7, 11) is 0. The molecule has 2 rings (SSSR count). The molecule has 0 aliphatic carbocycles. The highest BCUT2D eigenvalue weighted by Crippen LogP contribution is 2.24. The van der Waals surface area contributed by atoms with Gasteiger partial charge in [-0.3, -0.25) is 0 Å². The second-order valence-corrected chi connectivity index (χ2v) is 3.94. The van der Waals surface area contributed by atoms with Gasteiger partial charge in [0.05, 0.1) is 29.9 Å². The van der Waals surface area contributed by atoms with Crippen molar-refractivity contribution in [1.82, 2.24) is 4.98 Å². The fourth-order valence-corrected chi connectivity index (χ4v) is 1.80. The zero-order valence-electron chi connectivity index (χ0n) is 8.56. The Hall–Kier alpha value is -1.51. The van der Waals surface area contributed by atoms with Crippen molar-refractivity contribution >= 4 is 23.1 Å². The number of ether oxygens (including phenoxy) is 1. The molecule has 16 heavy (non-hydrogen) atoms. The number of hydrogen-bond acceptors (Lipinski definition) is 5. The molecule has 1 aliphatic rings. The average molecular weight is 239 g/mol. The van der Waals surface area contributed by atoms with E-state index in [9.17, 15) is 0 Å². The van der Waals surface area contributed by atoms with Gasteiger partial charge in [-0.15, -0.1) is 0 Å². The van der Waals surface area contributed by atoms with E-state index in [1.807, 2.05) is 4.90 Å². The van der Waals surface area contributed by atoms with Crippen LogP contribution in [0.1, 0.15) is 0 Å². The number of halogens is 1. The van der Waals surface area contributed by atoms with Gasteiger partial charge >= 0.3 is 0 Å². The van der Waals surface area contributed by atoms with Gasteiger partial charge in [-0.2, -0.15) is 5.26 Å². The Labute approximate surface area is 98.4 Å². The van der Waals surface area contributed by atoms with Crippen LogP contribution < -0.4 is 10.6 Å². The summed E-state index contributed by atoms with van der Waals surface area (Å²) < 4.78 is 5.24. The van der Waals surface area contributed by atoms with E-state index in [0.29, 0.717) is 36.2 Å². The first kappa shape index (κ1) is 11.0. The normalized spacial score (nSPS) is 20.5. The van der Waals surface area contributed by atoms with Crippen molar-refractivity contribution in [3.8, 4) is 6.07 Å². The number of nitrogens with zero attached hydrogens (tertiary/aromatic N) is 3. The molecular formula is C10H11ClN4O. The first-order chi connectivity index (χ1) is 7.70. The third-order valence-electron chi connectivity index (χ3n) is 2.37. The van der Waals surface area contributed by atoms with Gasteiger partial charge in [-0.25, -0.2) is 4.98 Å². The highest BCUT2D eigenvalue weighted by atomic mass is 35.5. The molecule has 1 atom stereocenters. The van der Waals surface area contributed by atoms with Crippen molar-refractivity contribution in [2.75, 3.05) is 30.3 Å². The number of anilines is 2. The van der Waals surface area contributed by atoms with Crippen LogP contribution in [0.2, 0.25) is 5.02 Å². The topological polar surface area (TPSA) is 75.2 Å². The van der Waals surface area contributed by atoms with Gasteiger partial charge in [-0.1, -0.05) is 11.6 Å². The van der Waals surface area contributed by atoms with E-state index < -0.39 is 6.10 Å². The molecule has 1 unspecified atom stereocenters. The second kappa shape index (κ2) is 4.56. The number of nitriles is 1. The predicted octanol–water partition coefficient (Wildman–Crippen LogP) is 1.05. The van der Waals surface area contributed by atoms with Crippen molar-refractivity contribution in [3.05, 3.63) is 17.3 Å². The zero-order valence-corrected chi connectivity index (χ0v) is 9.31. The van der Waals surface area contributed by atoms with Crippen LogP contribution >= 0.6 is 11.6 Å². The van der Waals surface area contributed by atoms with E-state index >= 15 is 0 Å². The molecule has 0 spiro atoms. The van der Waals surface area contributed by atoms with Crippen molar-refractivity contribution < 1.29 is 4.74 Å². The Bertz CT molecular complexity index is 431. The Morgan fingerprint density at radius 3 is 3.19 bits per heavy atom. The third-order valence-corrected chi connectivity index (χ3v) is 2.58. The maximum atomic E-state index is 8.79. The SMILES string of the molecule is N#CC1CN(c2ncc(Cl)cc2N)CCO1. The Morgan fingerprint density at radius 2 is 2.50 bits per heavy atom. The van der Waals surface area contributed by atoms with Crippen LogP contribution in [-0.2, 0) is 4.74 Å². The summed E-state index contributed by atoms with van der Waals surface area (Å²) >= 11 is 5.77. The van der Waals surface area contributed by atoms with Crippen molar-refractivity contribution in [2.24, 2.45) is 0 Å². The first-order valence-corrected chi connectivity index (χ1v) is 5.25. The molecule has 1 aromatic rings. The monoisotopic (exact) mass is 238 g/mol. The van der Waals surface area contributed by atoms with E-state index in [-0.39, 0.29) is 0 Å². The highest BCUT2D eigenvalue weighted by molar-refractivity contribution is 6.30. The molecule has 1 aliphatic heterocycles. The molecule has 5 nitrogen and oxygen atoms in total. The molecule has 1 fully saturated rings. The van der Waals surface area contributed by atoms with Crippen molar-refractivity contribution in [1.29, 1.82) is 5.26 Å². The van der Waals surface area contributed by atoms with Crippen LogP contribution in [0.4, 0.5) is 11.5 Å². The maximum absolute atomic E-state index is 8.79. The number of hydrogen-bond donors (Lipinski definition) is 1. The summed E-state index contributed by atoms with van der Waals surface area (Å²) in [5, 5.41) is 9.30. The summed E-state index contributed by atoms with van der Waals surface area (Å²) in [6.07, 6.45) is 1.12. The molecule has 2 heterocycles. The van der Waals surface area contributed by atoms with Crippen LogP contribution in [0.3, 0.4) is 0 Å². The number of morpholine rings is 1. The van der Waals surface area contributed by atoms with Crippen molar-refractivity contribution in [3.63, 3.8) is 0 Å². The Kier molecular flexibility index (Phi) is 3.13. The molecule has 6 heteroatoms. The van der Waals surface area contributed by atoms with Crippen LogP contribution in [0.5, 0.6) is 0 Å². The van der Waals surface area contributed by atoms with Crippen LogP contribution in [0.25, 0.3) is 0 Å². The fraction of sp³-hybridized carbons (Fsp3) is 0.400. The average Bonchev–Trinajstić information content (AvgIpc) is 2.29. The Morgan fingerprint density at radius 1 is 1.69 bits per heavy atom. The van der Waals surface area contributed by atoms with E-state index in [4.69, 9.17) is 27.3 Å². The molecule has 0 radical (unpaired) electrons. The van der Waals surface area contributed by atoms with E-state index in [1.54, 1.807) is 12.3 Å². The predicted molar refractivity (Wildman–Crippen MR) is 61.2 cm³/mol. The third kappa shape index (κ3) is 2.18. The lowest BCUT2D eigenvalue weighted by atomic mass is 10.2. The molecule has 1 aromatic heterocycles. The van der Waals surface area contributed by atoms with Gasteiger partial charge in [0.15, 0.2) is 11.9 Å². The summed E-state index contributed by atoms with van der Waals surface area (Å²) in [6, 6.07) is 3.73. The Balaban J connectivity index is 2.20. The van der Waals surface area contributed by atoms with E-state index in [2.05, 4.69) is 11.1 Å². The molecular weight excluding hydrogens is 228 g/mol. The van der Waals surface area contributed by atoms with E-state index in [0.717, 1.165) is 0 Å². The highest BCUT2D eigenvalue weighted by Gasteiger charge is 2.22. The fourth-order valence-electron chi connectivity index (χ4n) is 1.63. The number of nitrogen functional groups attached to an aromatic ring is 1. The minimum Gasteiger partial charge on any atom is -0.396 e. The van der Waals surface area contributed by atoms with Crippen LogP contribution in [0.15, 0.2) is 12.3 Å². The molecule has 0 aromatic carbocycles. The van der Waals surface area contributed by atoms with Gasteiger partial charge in [-0.05, 0) is 6.07 Å². The summed E-state index contributed by atoms with van der Waals surface area (Å²) in [5.74, 6) is 0.660. The molecule has 84 valence electrons. The quantitative estimate of drug-likeness (QED) is 0.791. The van der Waals surface area contributed by atoms with Crippen molar-refractivity contribution in [2.45, 2.75) is 6.10 Å². The lowest BCUT2D eigenvalue weighted by molar-refractivity contribution is 0.0762. The minimum atomic E-state index is -0.425. The first-order valence-electron chi connectivity index (χ1n) is 4.88. The van der Waals surface area contributed by atoms with Gasteiger partial charge in [0.1, 0.15) is 0 Å². The smallest absolute Gasteiger partial charge is 0.161 e. The van der Waals surface area contributed by atoms with Gasteiger partial charge < -0.3 is 15.4 Å². The number of aromatic nitrogens is 1. The number of nitrogens with two attached hydrogens (primary N) is 1. The second-order valence-electron chi connectivity index (χ2n) is 3.50. The molecule has 2 N–H and O–H groups in total. The minimum absolute atomic E-state index is 0.425. The van der Waals surface area contributed by atoms with Crippen LogP contribution in [-0.4, -0.2) is 30.8 Å². The van der Waals surface area contributed by atoms with Gasteiger partial charge in [0.2, 0.25) is 0 Å². The largest absolute Gasteiger partial charge is 0.396 e. The van der Waals surface area contributed by atoms with Crippen LogP contribution in [0, 0.1) is 11.3 Å². The lowest BCUT2D eigenvalue weighted by Crippen LogP contribution is -2.42. The number of pyridine rings is 1. The lowest BCUT2D eigenvalue weighted by Gasteiger charge is -2.31. The summed E-state index contributed by atoms with van der Waals surface area (Å²) in [6.45, 7) is 1.66. The standard InChI is InChI=1S/C10H11ClN4O/c11-7-3-9(13)10(14-5-7)15-1-2-16-8(4-12)6-15/h3,5,8H,1-2,6,13H2. The molecule has 0 saturated carbocycles. The van der Waals surface area contributed by atoms with Gasteiger partial charge in [0, 0.05) is 12.7 Å². The maximum Gasteiger partial charge on any atom is 0.161 e. The molecule has 0 bridgehead atoms. The van der Waals surface area contributed by atoms with Gasteiger partial charge in [0.25, 0.3) is 0 Å². The molecule has 0 amide bonds. The summed E-state index contributed by atoms with van der Waals surface area (Å²) in [5.41, 5.74) is 6.35.